The van der Waals surface area contributed by atoms with Gasteiger partial charge in [-0.2, -0.15) is 0 Å². The molecule has 0 unspecified atom stereocenters. The van der Waals surface area contributed by atoms with E-state index in [2.05, 4.69) is 4.99 Å². The van der Waals surface area contributed by atoms with E-state index < -0.39 is 11.9 Å². The van der Waals surface area contributed by atoms with Gasteiger partial charge in [0.15, 0.2) is 0 Å². The van der Waals surface area contributed by atoms with Gasteiger partial charge in [0.05, 0.1) is 12.2 Å². The average molecular weight is 431 g/mol. The summed E-state index contributed by atoms with van der Waals surface area (Å²) in [5, 5.41) is 1.64. The molecule has 0 spiro atoms. The Balaban J connectivity index is 1.96. The van der Waals surface area contributed by atoms with Gasteiger partial charge < -0.3 is 14.9 Å². The maximum absolute atomic E-state index is 12.6. The van der Waals surface area contributed by atoms with E-state index in [1.807, 2.05) is 0 Å². The number of rotatable bonds is 4. The third-order valence-electron chi connectivity index (χ3n) is 4.81. The van der Waals surface area contributed by atoms with E-state index in [0.717, 1.165) is 36.1 Å². The Bertz CT molecular complexity index is 1200. The fourth-order valence-electron chi connectivity index (χ4n) is 3.50. The van der Waals surface area contributed by atoms with Gasteiger partial charge in [-0.15, -0.1) is 11.3 Å². The first-order chi connectivity index (χ1) is 14.0. The van der Waals surface area contributed by atoms with Crippen LogP contribution < -0.4 is 11.3 Å². The summed E-state index contributed by atoms with van der Waals surface area (Å²) in [7, 11) is 0. The van der Waals surface area contributed by atoms with Crippen LogP contribution in [0.15, 0.2) is 33.7 Å². The van der Waals surface area contributed by atoms with E-state index in [1.54, 1.807) is 31.2 Å². The molecule has 29 heavy (non-hydrogen) atoms. The number of primary amides is 1. The minimum Gasteiger partial charge on any atom is -0.462 e. The number of thiophene rings is 1. The van der Waals surface area contributed by atoms with Gasteiger partial charge in [-0.25, -0.2) is 9.79 Å². The van der Waals surface area contributed by atoms with Crippen molar-refractivity contribution >= 4 is 50.8 Å². The highest BCUT2D eigenvalue weighted by Crippen LogP contribution is 2.40. The Morgan fingerprint density at radius 1 is 1.28 bits per heavy atom. The first-order valence-electron chi connectivity index (χ1n) is 9.37. The molecular formula is C21H19ClN2O4S. The highest BCUT2D eigenvalue weighted by Gasteiger charge is 2.26. The van der Waals surface area contributed by atoms with Crippen molar-refractivity contribution in [3.8, 4) is 0 Å². The SMILES string of the molecule is CCOC(=O)c1c(N=c2oc3ccc(Cl)cc3cc2C(N)=O)sc2c1CCCC2. The maximum Gasteiger partial charge on any atom is 0.341 e. The highest BCUT2D eigenvalue weighted by atomic mass is 35.5. The molecule has 0 fully saturated rings. The van der Waals surface area contributed by atoms with Crippen molar-refractivity contribution in [3.05, 3.63) is 56.4 Å². The second-order valence-corrected chi connectivity index (χ2v) is 8.26. The lowest BCUT2D eigenvalue weighted by molar-refractivity contribution is 0.0526. The monoisotopic (exact) mass is 430 g/mol. The van der Waals surface area contributed by atoms with Gasteiger partial charge in [0.1, 0.15) is 16.1 Å². The number of aryl methyl sites for hydroxylation is 1. The number of carbonyl (C=O) groups excluding carboxylic acids is 2. The minimum atomic E-state index is -0.673. The molecule has 0 saturated carbocycles. The van der Waals surface area contributed by atoms with Crippen LogP contribution in [0.2, 0.25) is 5.02 Å². The second kappa shape index (κ2) is 8.00. The van der Waals surface area contributed by atoms with Gasteiger partial charge in [-0.3, -0.25) is 4.79 Å². The summed E-state index contributed by atoms with van der Waals surface area (Å²) in [6, 6.07) is 6.68. The summed E-state index contributed by atoms with van der Waals surface area (Å²) in [5.74, 6) is -1.08. The molecule has 8 heteroatoms. The van der Waals surface area contributed by atoms with Crippen LogP contribution in [0.3, 0.4) is 0 Å². The number of carbonyl (C=O) groups is 2. The Hall–Kier alpha value is -2.64. The van der Waals surface area contributed by atoms with Gasteiger partial charge in [0, 0.05) is 15.3 Å². The normalized spacial score (nSPS) is 14.1. The van der Waals surface area contributed by atoms with Crippen LogP contribution in [-0.4, -0.2) is 18.5 Å². The van der Waals surface area contributed by atoms with Crippen molar-refractivity contribution < 1.29 is 18.7 Å². The van der Waals surface area contributed by atoms with Crippen molar-refractivity contribution in [3.63, 3.8) is 0 Å². The van der Waals surface area contributed by atoms with Crippen LogP contribution in [0.1, 0.15) is 50.9 Å². The smallest absolute Gasteiger partial charge is 0.341 e. The fraction of sp³-hybridized carbons (Fsp3) is 0.286. The summed E-state index contributed by atoms with van der Waals surface area (Å²) in [6.07, 6.45) is 3.80. The van der Waals surface area contributed by atoms with Gasteiger partial charge >= 0.3 is 5.97 Å². The molecule has 0 bridgehead atoms. The maximum atomic E-state index is 12.6. The van der Waals surface area contributed by atoms with E-state index >= 15 is 0 Å². The van der Waals surface area contributed by atoms with E-state index in [-0.39, 0.29) is 17.7 Å². The predicted octanol–water partition coefficient (Wildman–Crippen LogP) is 4.53. The van der Waals surface area contributed by atoms with Crippen molar-refractivity contribution in [2.75, 3.05) is 6.61 Å². The standard InChI is InChI=1S/C21H19ClN2O4S/c1-2-27-21(26)17-13-5-3-4-6-16(13)29-20(17)24-19-14(18(23)25)10-11-9-12(22)7-8-15(11)28-19/h7-10H,2-6H2,1H3,(H2,23,25). The lowest BCUT2D eigenvalue weighted by atomic mass is 9.95. The van der Waals surface area contributed by atoms with Crippen molar-refractivity contribution in [2.24, 2.45) is 10.7 Å². The summed E-state index contributed by atoms with van der Waals surface area (Å²) in [4.78, 5) is 30.4. The van der Waals surface area contributed by atoms with Crippen molar-refractivity contribution in [1.82, 2.24) is 0 Å². The minimum absolute atomic E-state index is 0.0662. The van der Waals surface area contributed by atoms with Crippen LogP contribution >= 0.6 is 22.9 Å². The lowest BCUT2D eigenvalue weighted by Gasteiger charge is -2.11. The third-order valence-corrected chi connectivity index (χ3v) is 6.23. The fourth-order valence-corrected chi connectivity index (χ4v) is 4.92. The van der Waals surface area contributed by atoms with E-state index in [1.165, 1.54) is 11.3 Å². The molecule has 150 valence electrons. The molecule has 1 aliphatic rings. The largest absolute Gasteiger partial charge is 0.462 e. The molecule has 1 aliphatic carbocycles. The van der Waals surface area contributed by atoms with E-state index in [0.29, 0.717) is 26.6 Å². The number of hydrogen-bond donors (Lipinski definition) is 1. The Kier molecular flexibility index (Phi) is 5.43. The number of benzene rings is 1. The van der Waals surface area contributed by atoms with Crippen molar-refractivity contribution in [2.45, 2.75) is 32.6 Å². The molecule has 0 aliphatic heterocycles. The number of esters is 1. The van der Waals surface area contributed by atoms with Crippen LogP contribution in [0.5, 0.6) is 0 Å². The molecule has 1 amide bonds. The molecular weight excluding hydrogens is 412 g/mol. The zero-order valence-corrected chi connectivity index (χ0v) is 17.4. The van der Waals surface area contributed by atoms with E-state index in [4.69, 9.17) is 26.5 Å². The zero-order valence-electron chi connectivity index (χ0n) is 15.8. The molecule has 6 nitrogen and oxygen atoms in total. The van der Waals surface area contributed by atoms with Gasteiger partial charge in [0.2, 0.25) is 5.55 Å². The second-order valence-electron chi connectivity index (χ2n) is 6.73. The van der Waals surface area contributed by atoms with Crippen LogP contribution in [-0.2, 0) is 17.6 Å². The molecule has 0 radical (unpaired) electrons. The highest BCUT2D eigenvalue weighted by molar-refractivity contribution is 7.16. The summed E-state index contributed by atoms with van der Waals surface area (Å²) in [6.45, 7) is 2.04. The summed E-state index contributed by atoms with van der Waals surface area (Å²) in [5.41, 5.74) is 7.72. The molecule has 2 heterocycles. The van der Waals surface area contributed by atoms with Gasteiger partial charge in [0.25, 0.3) is 5.91 Å². The molecule has 2 aromatic heterocycles. The molecule has 3 aromatic rings. The summed E-state index contributed by atoms with van der Waals surface area (Å²) < 4.78 is 11.1. The van der Waals surface area contributed by atoms with Crippen LogP contribution in [0.25, 0.3) is 11.0 Å². The summed E-state index contributed by atoms with van der Waals surface area (Å²) >= 11 is 7.47. The molecule has 2 N–H and O–H groups in total. The third kappa shape index (κ3) is 3.80. The lowest BCUT2D eigenvalue weighted by Crippen LogP contribution is -2.21. The van der Waals surface area contributed by atoms with Gasteiger partial charge in [-0.05, 0) is 62.4 Å². The Morgan fingerprint density at radius 3 is 2.83 bits per heavy atom. The van der Waals surface area contributed by atoms with Crippen molar-refractivity contribution in [1.29, 1.82) is 0 Å². The zero-order chi connectivity index (χ0) is 20.5. The van der Waals surface area contributed by atoms with E-state index in [9.17, 15) is 9.59 Å². The number of nitrogens with two attached hydrogens (primary N) is 1. The number of nitrogens with zero attached hydrogens (tertiary/aromatic N) is 1. The molecule has 1 aromatic carbocycles. The quantitative estimate of drug-likeness (QED) is 0.615. The predicted molar refractivity (Wildman–Crippen MR) is 112 cm³/mol. The number of fused-ring (bicyclic) bond motifs is 2. The molecule has 4 rings (SSSR count). The van der Waals surface area contributed by atoms with Gasteiger partial charge in [-0.1, -0.05) is 11.6 Å². The number of halogens is 1. The van der Waals surface area contributed by atoms with Crippen LogP contribution in [0, 0.1) is 0 Å². The van der Waals surface area contributed by atoms with Crippen LogP contribution in [0.4, 0.5) is 5.00 Å². The molecule has 0 atom stereocenters. The molecule has 0 saturated heterocycles. The number of hydrogen-bond acceptors (Lipinski definition) is 6. The number of amides is 1. The average Bonchev–Trinajstić information content (AvgIpc) is 3.05. The topological polar surface area (TPSA) is 94.9 Å². The Labute approximate surface area is 176 Å². The number of ether oxygens (including phenoxy) is 1. The Morgan fingerprint density at radius 2 is 2.07 bits per heavy atom. The first-order valence-corrected chi connectivity index (χ1v) is 10.6. The first kappa shape index (κ1) is 19.7.